The second-order valence-electron chi connectivity index (χ2n) is 4.25. The van der Waals surface area contributed by atoms with Crippen molar-refractivity contribution in [3.8, 4) is 0 Å². The van der Waals surface area contributed by atoms with Crippen LogP contribution in [0.1, 0.15) is 18.1 Å². The highest BCUT2D eigenvalue weighted by molar-refractivity contribution is 9.11. The molecule has 0 aliphatic carbocycles. The Labute approximate surface area is 117 Å². The highest BCUT2D eigenvalue weighted by atomic mass is 79.9. The largest absolute Gasteiger partial charge is 0.316 e. The number of hydrogen-bond donors (Lipinski definition) is 0. The van der Waals surface area contributed by atoms with Crippen LogP contribution in [0.2, 0.25) is 0 Å². The van der Waals surface area contributed by atoms with E-state index in [-0.39, 0.29) is 0 Å². The first-order valence-electron chi connectivity index (χ1n) is 5.88. The number of halogens is 1. The van der Waals surface area contributed by atoms with E-state index < -0.39 is 0 Å². The van der Waals surface area contributed by atoms with Crippen LogP contribution in [0, 0.1) is 6.92 Å². The minimum absolute atomic E-state index is 0.965. The van der Waals surface area contributed by atoms with Gasteiger partial charge in [0.25, 0.3) is 0 Å². The Bertz CT molecular complexity index is 547. The van der Waals surface area contributed by atoms with Gasteiger partial charge in [0.2, 0.25) is 0 Å². The Morgan fingerprint density at radius 1 is 1.22 bits per heavy atom. The number of allylic oxidation sites excluding steroid dienone is 4. The van der Waals surface area contributed by atoms with Crippen molar-refractivity contribution in [3.05, 3.63) is 76.6 Å². The van der Waals surface area contributed by atoms with Crippen molar-refractivity contribution < 1.29 is 0 Å². The maximum atomic E-state index is 4.07. The number of benzene rings is 1. The molecule has 1 aromatic carbocycles. The van der Waals surface area contributed by atoms with Gasteiger partial charge in [-0.1, -0.05) is 42.5 Å². The van der Waals surface area contributed by atoms with Gasteiger partial charge in [-0.2, -0.15) is 0 Å². The quantitative estimate of drug-likeness (QED) is 0.745. The Morgan fingerprint density at radius 3 is 2.50 bits per heavy atom. The summed E-state index contributed by atoms with van der Waals surface area (Å²) in [6.45, 7) is 8.21. The summed E-state index contributed by atoms with van der Waals surface area (Å²) >= 11 is 3.50. The van der Waals surface area contributed by atoms with Gasteiger partial charge in [0.1, 0.15) is 0 Å². The van der Waals surface area contributed by atoms with Crippen LogP contribution in [0.25, 0.3) is 5.70 Å². The van der Waals surface area contributed by atoms with E-state index in [1.165, 1.54) is 11.1 Å². The van der Waals surface area contributed by atoms with Gasteiger partial charge in [-0.05, 0) is 47.5 Å². The molecule has 0 saturated carbocycles. The lowest BCUT2D eigenvalue weighted by Gasteiger charge is -2.27. The Balaban J connectivity index is 2.38. The summed E-state index contributed by atoms with van der Waals surface area (Å²) in [5.41, 5.74) is 4.56. The van der Waals surface area contributed by atoms with Crippen LogP contribution in [-0.2, 0) is 0 Å². The van der Waals surface area contributed by atoms with Gasteiger partial charge in [-0.3, -0.25) is 0 Å². The zero-order valence-corrected chi connectivity index (χ0v) is 12.2. The van der Waals surface area contributed by atoms with Crippen LogP contribution < -0.4 is 0 Å². The molecular formula is C16H16BrN. The van der Waals surface area contributed by atoms with Crippen LogP contribution in [0.15, 0.2) is 65.5 Å². The van der Waals surface area contributed by atoms with Gasteiger partial charge in [-0.25, -0.2) is 0 Å². The second kappa shape index (κ2) is 5.40. The molecular weight excluding hydrogens is 286 g/mol. The summed E-state index contributed by atoms with van der Waals surface area (Å²) in [5, 5.41) is 0. The zero-order valence-electron chi connectivity index (χ0n) is 10.7. The molecule has 0 spiro atoms. The molecule has 0 N–H and O–H groups in total. The number of aryl methyl sites for hydroxylation is 1. The van der Waals surface area contributed by atoms with Gasteiger partial charge in [0.05, 0.1) is 0 Å². The molecule has 1 nitrogen and oxygen atoms in total. The fraction of sp³-hybridized carbons (Fsp3) is 0.125. The number of nitrogens with zero attached hydrogens (tertiary/aromatic N) is 1. The summed E-state index contributed by atoms with van der Waals surface area (Å²) in [7, 11) is 0. The van der Waals surface area contributed by atoms with Crippen molar-refractivity contribution in [1.82, 2.24) is 4.90 Å². The van der Waals surface area contributed by atoms with Crippen molar-refractivity contribution >= 4 is 21.6 Å². The molecule has 0 atom stereocenters. The van der Waals surface area contributed by atoms with Crippen LogP contribution in [0.4, 0.5) is 0 Å². The van der Waals surface area contributed by atoms with E-state index in [4.69, 9.17) is 0 Å². The molecule has 1 aliphatic rings. The molecule has 0 unspecified atom stereocenters. The minimum Gasteiger partial charge on any atom is -0.316 e. The van der Waals surface area contributed by atoms with Gasteiger partial charge in [0.15, 0.2) is 0 Å². The molecule has 0 fully saturated rings. The summed E-state index contributed by atoms with van der Waals surface area (Å²) in [5.74, 6) is 0. The van der Waals surface area contributed by atoms with Gasteiger partial charge in [0, 0.05) is 22.1 Å². The molecule has 0 saturated heterocycles. The first-order valence-corrected chi connectivity index (χ1v) is 6.68. The highest BCUT2D eigenvalue weighted by Gasteiger charge is 2.13. The predicted octanol–water partition coefficient (Wildman–Crippen LogP) is 4.98. The van der Waals surface area contributed by atoms with Crippen molar-refractivity contribution in [2.75, 3.05) is 0 Å². The highest BCUT2D eigenvalue weighted by Crippen LogP contribution is 2.29. The average Bonchev–Trinajstić information content (AvgIpc) is 2.37. The van der Waals surface area contributed by atoms with Crippen LogP contribution >= 0.6 is 15.9 Å². The molecule has 0 radical (unpaired) electrons. The van der Waals surface area contributed by atoms with Crippen LogP contribution in [-0.4, -0.2) is 4.90 Å². The van der Waals surface area contributed by atoms with Gasteiger partial charge in [-0.15, -0.1) is 0 Å². The van der Waals surface area contributed by atoms with E-state index >= 15 is 0 Å². The van der Waals surface area contributed by atoms with E-state index in [1.807, 2.05) is 25.3 Å². The molecule has 0 amide bonds. The molecule has 2 heteroatoms. The SMILES string of the molecule is C=C1C=CC(Br)=CN1/C(=C\C)c1ccc(C)cc1. The maximum Gasteiger partial charge on any atom is 0.0485 e. The molecule has 1 heterocycles. The van der Waals surface area contributed by atoms with Crippen molar-refractivity contribution in [1.29, 1.82) is 0 Å². The fourth-order valence-electron chi connectivity index (χ4n) is 1.90. The third kappa shape index (κ3) is 2.65. The molecule has 2 rings (SSSR count). The van der Waals surface area contributed by atoms with E-state index in [1.54, 1.807) is 0 Å². The third-order valence-electron chi connectivity index (χ3n) is 2.88. The lowest BCUT2D eigenvalue weighted by Crippen LogP contribution is -2.15. The Kier molecular flexibility index (Phi) is 3.87. The monoisotopic (exact) mass is 301 g/mol. The predicted molar refractivity (Wildman–Crippen MR) is 82.0 cm³/mol. The Hall–Kier alpha value is -1.54. The molecule has 1 aliphatic heterocycles. The van der Waals surface area contributed by atoms with E-state index in [0.717, 1.165) is 15.9 Å². The van der Waals surface area contributed by atoms with Crippen molar-refractivity contribution in [2.45, 2.75) is 13.8 Å². The second-order valence-corrected chi connectivity index (χ2v) is 5.16. The Morgan fingerprint density at radius 2 is 1.89 bits per heavy atom. The summed E-state index contributed by atoms with van der Waals surface area (Å²) in [6, 6.07) is 8.52. The standard InChI is InChI=1S/C16H16BrN/c1-4-16(14-8-5-12(2)6-9-14)18-11-15(17)10-7-13(18)3/h4-11H,3H2,1-2H3/b16-4-. The zero-order chi connectivity index (χ0) is 13.1. The summed E-state index contributed by atoms with van der Waals surface area (Å²) in [6.07, 6.45) is 8.15. The first-order chi connectivity index (χ1) is 8.61. The molecule has 1 aromatic rings. The van der Waals surface area contributed by atoms with Gasteiger partial charge < -0.3 is 4.90 Å². The first kappa shape index (κ1) is 12.9. The van der Waals surface area contributed by atoms with E-state index in [9.17, 15) is 0 Å². The normalized spacial score (nSPS) is 15.9. The van der Waals surface area contributed by atoms with E-state index in [0.29, 0.717) is 0 Å². The maximum absolute atomic E-state index is 4.07. The molecule has 18 heavy (non-hydrogen) atoms. The van der Waals surface area contributed by atoms with Crippen molar-refractivity contribution in [3.63, 3.8) is 0 Å². The topological polar surface area (TPSA) is 3.24 Å². The molecule has 92 valence electrons. The molecule has 0 bridgehead atoms. The van der Waals surface area contributed by atoms with Crippen LogP contribution in [0.3, 0.4) is 0 Å². The van der Waals surface area contributed by atoms with Gasteiger partial charge >= 0.3 is 0 Å². The smallest absolute Gasteiger partial charge is 0.0485 e. The fourth-order valence-corrected chi connectivity index (χ4v) is 2.24. The van der Waals surface area contributed by atoms with Crippen molar-refractivity contribution in [2.24, 2.45) is 0 Å². The lowest BCUT2D eigenvalue weighted by atomic mass is 10.1. The van der Waals surface area contributed by atoms with E-state index in [2.05, 4.69) is 64.7 Å². The average molecular weight is 302 g/mol. The molecule has 0 aromatic heterocycles. The summed E-state index contributed by atoms with van der Waals surface area (Å²) in [4.78, 5) is 2.09. The third-order valence-corrected chi connectivity index (χ3v) is 3.35. The number of hydrogen-bond acceptors (Lipinski definition) is 1. The van der Waals surface area contributed by atoms with Crippen LogP contribution in [0.5, 0.6) is 0 Å². The lowest BCUT2D eigenvalue weighted by molar-refractivity contribution is 0.675. The number of rotatable bonds is 2. The minimum atomic E-state index is 0.965. The summed E-state index contributed by atoms with van der Waals surface area (Å²) < 4.78 is 1.04.